The summed E-state index contributed by atoms with van der Waals surface area (Å²) in [5, 5.41) is 0.838. The Balaban J connectivity index is 2.61. The first kappa shape index (κ1) is 13.2. The third kappa shape index (κ3) is 4.26. The van der Waals surface area contributed by atoms with Crippen molar-refractivity contribution in [2.45, 2.75) is 19.3 Å². The van der Waals surface area contributed by atoms with Gasteiger partial charge in [-0.2, -0.15) is 11.8 Å². The second kappa shape index (κ2) is 7.43. The summed E-state index contributed by atoms with van der Waals surface area (Å²) in [5.41, 5.74) is 1.19. The summed E-state index contributed by atoms with van der Waals surface area (Å²) in [6, 6.07) is 7.99. The molecule has 0 saturated heterocycles. The van der Waals surface area contributed by atoms with E-state index in [9.17, 15) is 0 Å². The van der Waals surface area contributed by atoms with E-state index in [2.05, 4.69) is 13.0 Å². The predicted octanol–water partition coefficient (Wildman–Crippen LogP) is 4.81. The zero-order valence-electron chi connectivity index (χ0n) is 8.88. The van der Waals surface area contributed by atoms with Crippen molar-refractivity contribution in [2.75, 3.05) is 17.4 Å². The number of halogens is 2. The fraction of sp³-hybridized carbons (Fsp3) is 0.500. The number of alkyl halides is 1. The van der Waals surface area contributed by atoms with Gasteiger partial charge in [-0.05, 0) is 35.5 Å². The molecule has 0 radical (unpaired) electrons. The summed E-state index contributed by atoms with van der Waals surface area (Å²) in [7, 11) is 0. The van der Waals surface area contributed by atoms with Crippen molar-refractivity contribution < 1.29 is 0 Å². The lowest BCUT2D eigenvalue weighted by molar-refractivity contribution is 0.748. The van der Waals surface area contributed by atoms with E-state index in [1.807, 2.05) is 30.0 Å². The molecule has 15 heavy (non-hydrogen) atoms. The van der Waals surface area contributed by atoms with E-state index in [1.165, 1.54) is 5.56 Å². The average Bonchev–Trinajstić information content (AvgIpc) is 2.26. The maximum absolute atomic E-state index is 6.15. The Labute approximate surface area is 106 Å². The number of hydrogen-bond acceptors (Lipinski definition) is 1. The molecule has 3 heteroatoms. The molecule has 0 N–H and O–H groups in total. The molecule has 0 saturated carbocycles. The van der Waals surface area contributed by atoms with Crippen molar-refractivity contribution in [3.63, 3.8) is 0 Å². The SMILES string of the molecule is CCSCCC(CCl)c1ccccc1Cl. The van der Waals surface area contributed by atoms with Crippen LogP contribution in [0.4, 0.5) is 0 Å². The summed E-state index contributed by atoms with van der Waals surface area (Å²) in [6.45, 7) is 2.18. The van der Waals surface area contributed by atoms with Crippen LogP contribution in [0.1, 0.15) is 24.8 Å². The lowest BCUT2D eigenvalue weighted by Gasteiger charge is -2.15. The number of rotatable bonds is 6. The van der Waals surface area contributed by atoms with Crippen LogP contribution < -0.4 is 0 Å². The second-order valence-corrected chi connectivity index (χ2v) is 5.47. The van der Waals surface area contributed by atoms with E-state index < -0.39 is 0 Å². The van der Waals surface area contributed by atoms with Gasteiger partial charge in [0.1, 0.15) is 0 Å². The van der Waals surface area contributed by atoms with E-state index in [1.54, 1.807) is 0 Å². The largest absolute Gasteiger partial charge is 0.162 e. The maximum Gasteiger partial charge on any atom is 0.0441 e. The van der Waals surface area contributed by atoms with E-state index >= 15 is 0 Å². The lowest BCUT2D eigenvalue weighted by Crippen LogP contribution is -2.03. The van der Waals surface area contributed by atoms with Crippen LogP contribution in [0, 0.1) is 0 Å². The highest BCUT2D eigenvalue weighted by molar-refractivity contribution is 7.99. The third-order valence-electron chi connectivity index (χ3n) is 2.35. The van der Waals surface area contributed by atoms with Gasteiger partial charge in [-0.1, -0.05) is 36.7 Å². The van der Waals surface area contributed by atoms with Crippen molar-refractivity contribution in [1.82, 2.24) is 0 Å². The Bertz CT molecular complexity index is 289. The van der Waals surface area contributed by atoms with Gasteiger partial charge in [0.05, 0.1) is 0 Å². The highest BCUT2D eigenvalue weighted by Gasteiger charge is 2.12. The van der Waals surface area contributed by atoms with Crippen LogP contribution in [0.3, 0.4) is 0 Å². The molecule has 1 aromatic rings. The zero-order chi connectivity index (χ0) is 11.1. The van der Waals surface area contributed by atoms with Crippen LogP contribution in [0.25, 0.3) is 0 Å². The smallest absolute Gasteiger partial charge is 0.0441 e. The van der Waals surface area contributed by atoms with Gasteiger partial charge in [-0.15, -0.1) is 11.6 Å². The minimum absolute atomic E-state index is 0.388. The molecule has 84 valence electrons. The number of thioether (sulfide) groups is 1. The van der Waals surface area contributed by atoms with Crippen LogP contribution in [0.5, 0.6) is 0 Å². The molecule has 1 aromatic carbocycles. The van der Waals surface area contributed by atoms with E-state index in [0.717, 1.165) is 22.9 Å². The van der Waals surface area contributed by atoms with Crippen molar-refractivity contribution in [1.29, 1.82) is 0 Å². The lowest BCUT2D eigenvalue weighted by atomic mass is 9.98. The molecular formula is C12H16Cl2S. The molecule has 0 heterocycles. The summed E-state index contributed by atoms with van der Waals surface area (Å²) in [5.74, 6) is 3.35. The third-order valence-corrected chi connectivity index (χ3v) is 4.00. The van der Waals surface area contributed by atoms with Gasteiger partial charge in [0, 0.05) is 10.9 Å². The highest BCUT2D eigenvalue weighted by Crippen LogP contribution is 2.28. The summed E-state index contributed by atoms with van der Waals surface area (Å²) in [4.78, 5) is 0. The first-order valence-corrected chi connectivity index (χ1v) is 7.24. The predicted molar refractivity (Wildman–Crippen MR) is 72.5 cm³/mol. The summed E-state index contributed by atoms with van der Waals surface area (Å²) in [6.07, 6.45) is 1.10. The Morgan fingerprint density at radius 2 is 2.07 bits per heavy atom. The van der Waals surface area contributed by atoms with Gasteiger partial charge in [-0.25, -0.2) is 0 Å². The van der Waals surface area contributed by atoms with Gasteiger partial charge in [0.2, 0.25) is 0 Å². The van der Waals surface area contributed by atoms with Gasteiger partial charge >= 0.3 is 0 Å². The molecule has 0 aliphatic heterocycles. The molecule has 0 amide bonds. The zero-order valence-corrected chi connectivity index (χ0v) is 11.2. The summed E-state index contributed by atoms with van der Waals surface area (Å²) >= 11 is 14.1. The fourth-order valence-electron chi connectivity index (χ4n) is 1.49. The molecule has 0 bridgehead atoms. The van der Waals surface area contributed by atoms with E-state index in [4.69, 9.17) is 23.2 Å². The van der Waals surface area contributed by atoms with Crippen molar-refractivity contribution in [3.8, 4) is 0 Å². The standard InChI is InChI=1S/C12H16Cl2S/c1-2-15-8-7-10(9-13)11-5-3-4-6-12(11)14/h3-6,10H,2,7-9H2,1H3. The molecular weight excluding hydrogens is 247 g/mol. The molecule has 0 fully saturated rings. The van der Waals surface area contributed by atoms with Crippen molar-refractivity contribution >= 4 is 35.0 Å². The molecule has 0 spiro atoms. The van der Waals surface area contributed by atoms with Crippen LogP contribution in [-0.2, 0) is 0 Å². The van der Waals surface area contributed by atoms with Gasteiger partial charge in [0.15, 0.2) is 0 Å². The first-order chi connectivity index (χ1) is 7.29. The van der Waals surface area contributed by atoms with Gasteiger partial charge < -0.3 is 0 Å². The van der Waals surface area contributed by atoms with Crippen LogP contribution in [0.2, 0.25) is 5.02 Å². The molecule has 1 atom stereocenters. The van der Waals surface area contributed by atoms with Crippen LogP contribution in [0.15, 0.2) is 24.3 Å². The quantitative estimate of drug-likeness (QED) is 0.524. The first-order valence-electron chi connectivity index (χ1n) is 5.17. The monoisotopic (exact) mass is 262 g/mol. The molecule has 1 unspecified atom stereocenters. The molecule has 0 aromatic heterocycles. The average molecular weight is 263 g/mol. The van der Waals surface area contributed by atoms with Crippen molar-refractivity contribution in [3.05, 3.63) is 34.9 Å². The topological polar surface area (TPSA) is 0 Å². The number of benzene rings is 1. The Morgan fingerprint density at radius 3 is 2.67 bits per heavy atom. The van der Waals surface area contributed by atoms with Crippen molar-refractivity contribution in [2.24, 2.45) is 0 Å². The van der Waals surface area contributed by atoms with Crippen LogP contribution >= 0.6 is 35.0 Å². The fourth-order valence-corrected chi connectivity index (χ4v) is 2.84. The maximum atomic E-state index is 6.15. The number of hydrogen-bond donors (Lipinski definition) is 0. The molecule has 1 rings (SSSR count). The summed E-state index contributed by atoms with van der Waals surface area (Å²) < 4.78 is 0. The Kier molecular flexibility index (Phi) is 6.54. The molecule has 0 aliphatic rings. The van der Waals surface area contributed by atoms with E-state index in [0.29, 0.717) is 11.8 Å². The normalized spacial score (nSPS) is 12.7. The van der Waals surface area contributed by atoms with Gasteiger partial charge in [-0.3, -0.25) is 0 Å². The minimum Gasteiger partial charge on any atom is -0.162 e. The Morgan fingerprint density at radius 1 is 1.33 bits per heavy atom. The van der Waals surface area contributed by atoms with E-state index in [-0.39, 0.29) is 0 Å². The Hall–Kier alpha value is 0.150. The van der Waals surface area contributed by atoms with Crippen LogP contribution in [-0.4, -0.2) is 17.4 Å². The molecule has 0 aliphatic carbocycles. The second-order valence-electron chi connectivity index (χ2n) is 3.36. The van der Waals surface area contributed by atoms with Gasteiger partial charge in [0.25, 0.3) is 0 Å². The molecule has 0 nitrogen and oxygen atoms in total. The minimum atomic E-state index is 0.388. The highest BCUT2D eigenvalue weighted by atomic mass is 35.5.